The Morgan fingerprint density at radius 3 is 2.47 bits per heavy atom. The molecule has 0 heterocycles. The van der Waals surface area contributed by atoms with Crippen molar-refractivity contribution in [2.24, 2.45) is 46.3 Å². The highest BCUT2D eigenvalue weighted by Crippen LogP contribution is 2.68. The van der Waals surface area contributed by atoms with Crippen molar-refractivity contribution in [2.75, 3.05) is 0 Å². The van der Waals surface area contributed by atoms with E-state index in [0.717, 1.165) is 74.5 Å². The Labute approximate surface area is 186 Å². The van der Waals surface area contributed by atoms with Crippen molar-refractivity contribution in [3.63, 3.8) is 0 Å². The Morgan fingerprint density at radius 1 is 0.967 bits per heavy atom. The first kappa shape index (κ1) is 22.8. The molecule has 0 radical (unpaired) electrons. The summed E-state index contributed by atoms with van der Waals surface area (Å²) < 4.78 is 0. The summed E-state index contributed by atoms with van der Waals surface area (Å²) in [6.07, 6.45) is 16.6. The van der Waals surface area contributed by atoms with Crippen LogP contribution in [0.4, 0.5) is 0 Å². The molecule has 4 aliphatic carbocycles. The number of rotatable bonds is 7. The molecule has 0 aromatic rings. The normalized spacial score (nSPS) is 46.6. The smallest absolute Gasteiger partial charge is 0.132 e. The van der Waals surface area contributed by atoms with Crippen LogP contribution in [0.1, 0.15) is 118 Å². The molecule has 0 aromatic carbocycles. The fraction of sp³-hybridized carbons (Fsp3) is 0.964. The second-order valence-corrected chi connectivity index (χ2v) is 12.5. The van der Waals surface area contributed by atoms with E-state index in [9.17, 15) is 9.90 Å². The quantitative estimate of drug-likeness (QED) is 0.477. The van der Waals surface area contributed by atoms with Crippen molar-refractivity contribution in [2.45, 2.75) is 124 Å². The maximum atomic E-state index is 12.2. The van der Waals surface area contributed by atoms with Gasteiger partial charge in [-0.25, -0.2) is 0 Å². The van der Waals surface area contributed by atoms with Crippen molar-refractivity contribution < 1.29 is 9.90 Å². The molecule has 2 nitrogen and oxygen atoms in total. The van der Waals surface area contributed by atoms with Crippen molar-refractivity contribution in [3.05, 3.63) is 0 Å². The molecule has 1 N–H and O–H groups in total. The Morgan fingerprint density at radius 2 is 1.70 bits per heavy atom. The van der Waals surface area contributed by atoms with Gasteiger partial charge in [0.25, 0.3) is 0 Å². The van der Waals surface area contributed by atoms with Gasteiger partial charge in [-0.15, -0.1) is 0 Å². The van der Waals surface area contributed by atoms with Gasteiger partial charge >= 0.3 is 0 Å². The van der Waals surface area contributed by atoms with Gasteiger partial charge in [-0.2, -0.15) is 0 Å². The molecule has 0 amide bonds. The highest BCUT2D eigenvalue weighted by atomic mass is 16.3. The Bertz CT molecular complexity index is 614. The van der Waals surface area contributed by atoms with Gasteiger partial charge in [-0.1, -0.05) is 34.1 Å². The lowest BCUT2D eigenvalue weighted by molar-refractivity contribution is -0.129. The summed E-state index contributed by atoms with van der Waals surface area (Å²) in [4.78, 5) is 12.2. The molecule has 4 aliphatic rings. The molecule has 2 heteroatoms. The van der Waals surface area contributed by atoms with E-state index in [-0.39, 0.29) is 6.10 Å². The van der Waals surface area contributed by atoms with Gasteiger partial charge in [-0.3, -0.25) is 4.79 Å². The van der Waals surface area contributed by atoms with Crippen LogP contribution >= 0.6 is 0 Å². The summed E-state index contributed by atoms with van der Waals surface area (Å²) in [5, 5.41) is 10.3. The van der Waals surface area contributed by atoms with Gasteiger partial charge in [0.1, 0.15) is 5.78 Å². The third kappa shape index (κ3) is 3.93. The summed E-state index contributed by atoms with van der Waals surface area (Å²) in [5.74, 6) is 5.49. The van der Waals surface area contributed by atoms with E-state index in [2.05, 4.69) is 27.7 Å². The maximum Gasteiger partial charge on any atom is 0.132 e. The van der Waals surface area contributed by atoms with E-state index in [4.69, 9.17) is 0 Å². The van der Waals surface area contributed by atoms with Crippen LogP contribution in [0.3, 0.4) is 0 Å². The molecule has 0 bridgehead atoms. The number of hydrogen-bond acceptors (Lipinski definition) is 2. The molecule has 4 rings (SSSR count). The van der Waals surface area contributed by atoms with E-state index in [0.29, 0.717) is 22.5 Å². The topological polar surface area (TPSA) is 37.3 Å². The molecule has 0 spiro atoms. The zero-order valence-electron chi connectivity index (χ0n) is 20.3. The number of hydrogen-bond donors (Lipinski definition) is 1. The molecule has 0 saturated heterocycles. The van der Waals surface area contributed by atoms with Crippen LogP contribution in [-0.4, -0.2) is 17.0 Å². The van der Waals surface area contributed by atoms with E-state index < -0.39 is 0 Å². The Kier molecular flexibility index (Phi) is 6.75. The molecule has 0 aliphatic heterocycles. The molecule has 4 fully saturated rings. The van der Waals surface area contributed by atoms with E-state index >= 15 is 0 Å². The summed E-state index contributed by atoms with van der Waals surface area (Å²) in [6.45, 7) is 9.87. The average Bonchev–Trinajstić information content (AvgIpc) is 3.08. The number of Topliss-reactive ketones (excluding diaryl/α,β-unsaturated/α-hetero) is 1. The molecule has 172 valence electrons. The third-order valence-electron chi connectivity index (χ3n) is 11.1. The Balaban J connectivity index is 1.42. The number of ketones is 1. The zero-order chi connectivity index (χ0) is 21.5. The predicted octanol–water partition coefficient (Wildman–Crippen LogP) is 7.18. The Hall–Kier alpha value is -0.370. The van der Waals surface area contributed by atoms with Crippen LogP contribution in [0, 0.1) is 46.3 Å². The fourth-order valence-corrected chi connectivity index (χ4v) is 9.30. The summed E-state index contributed by atoms with van der Waals surface area (Å²) in [5.41, 5.74) is 0.989. The lowest BCUT2D eigenvalue weighted by Gasteiger charge is -2.61. The molecule has 4 saturated carbocycles. The van der Waals surface area contributed by atoms with E-state index in [1.807, 2.05) is 0 Å². The van der Waals surface area contributed by atoms with Crippen LogP contribution in [0.2, 0.25) is 0 Å². The maximum absolute atomic E-state index is 12.2. The number of aliphatic hydroxyl groups is 1. The first-order valence-corrected chi connectivity index (χ1v) is 13.5. The molecule has 0 aromatic heterocycles. The average molecular weight is 417 g/mol. The van der Waals surface area contributed by atoms with Crippen molar-refractivity contribution in [1.82, 2.24) is 0 Å². The number of fused-ring (bicyclic) bond motifs is 5. The predicted molar refractivity (Wildman–Crippen MR) is 124 cm³/mol. The molecular formula is C28H48O2. The van der Waals surface area contributed by atoms with Crippen LogP contribution in [0.25, 0.3) is 0 Å². The molecular weight excluding hydrogens is 368 g/mol. The van der Waals surface area contributed by atoms with Crippen LogP contribution in [-0.2, 0) is 4.79 Å². The van der Waals surface area contributed by atoms with Gasteiger partial charge in [0, 0.05) is 12.8 Å². The van der Waals surface area contributed by atoms with Crippen molar-refractivity contribution in [3.8, 4) is 0 Å². The van der Waals surface area contributed by atoms with Gasteiger partial charge < -0.3 is 5.11 Å². The fourth-order valence-electron chi connectivity index (χ4n) is 9.30. The minimum atomic E-state index is -0.0368. The highest BCUT2D eigenvalue weighted by Gasteiger charge is 2.60. The third-order valence-corrected chi connectivity index (χ3v) is 11.1. The van der Waals surface area contributed by atoms with E-state index in [1.54, 1.807) is 0 Å². The largest absolute Gasteiger partial charge is 0.393 e. The van der Waals surface area contributed by atoms with Gasteiger partial charge in [0.05, 0.1) is 6.10 Å². The van der Waals surface area contributed by atoms with Gasteiger partial charge in [-0.05, 0) is 117 Å². The van der Waals surface area contributed by atoms with Crippen LogP contribution in [0.5, 0.6) is 0 Å². The number of aliphatic hydroxyl groups excluding tert-OH is 1. The summed E-state index contributed by atoms with van der Waals surface area (Å²) in [6, 6.07) is 0. The highest BCUT2D eigenvalue weighted by molar-refractivity contribution is 5.78. The minimum Gasteiger partial charge on any atom is -0.393 e. The van der Waals surface area contributed by atoms with Crippen molar-refractivity contribution in [1.29, 1.82) is 0 Å². The number of unbranched alkanes of at least 4 members (excludes halogenated alkanes) is 1. The van der Waals surface area contributed by atoms with Gasteiger partial charge in [0.2, 0.25) is 0 Å². The van der Waals surface area contributed by atoms with Crippen LogP contribution in [0.15, 0.2) is 0 Å². The molecule has 30 heavy (non-hydrogen) atoms. The molecule has 9 atom stereocenters. The first-order valence-electron chi connectivity index (χ1n) is 13.5. The van der Waals surface area contributed by atoms with Crippen LogP contribution < -0.4 is 0 Å². The SMILES string of the molecule is CCCCC(=O)CCC(C)C1CCC2C3CCC4CC(O)CCC4(C)C3CCC12C. The first-order chi connectivity index (χ1) is 14.3. The van der Waals surface area contributed by atoms with Crippen molar-refractivity contribution >= 4 is 5.78 Å². The minimum absolute atomic E-state index is 0.0368. The summed E-state index contributed by atoms with van der Waals surface area (Å²) >= 11 is 0. The molecule has 9 unspecified atom stereocenters. The second-order valence-electron chi connectivity index (χ2n) is 12.5. The van der Waals surface area contributed by atoms with Gasteiger partial charge in [0.15, 0.2) is 0 Å². The second kappa shape index (κ2) is 8.87. The summed E-state index contributed by atoms with van der Waals surface area (Å²) in [7, 11) is 0. The zero-order valence-corrected chi connectivity index (χ0v) is 20.3. The lowest BCUT2D eigenvalue weighted by Crippen LogP contribution is -2.54. The lowest BCUT2D eigenvalue weighted by atomic mass is 9.44. The standard InChI is InChI=1S/C28H48O2/c1-5-6-7-21(29)10-8-19(2)24-12-13-25-23-11-9-20-18-22(30)14-16-27(20,3)26(23)15-17-28(24,25)4/h19-20,22-26,30H,5-18H2,1-4H3. The number of carbonyl (C=O) groups excluding carboxylic acids is 1. The van der Waals surface area contributed by atoms with E-state index in [1.165, 1.54) is 44.9 Å². The number of carbonyl (C=O) groups is 1. The monoisotopic (exact) mass is 416 g/mol.